The zero-order chi connectivity index (χ0) is 11.1. The maximum atomic E-state index is 3.78. The van der Waals surface area contributed by atoms with Gasteiger partial charge >= 0.3 is 0 Å². The third-order valence-electron chi connectivity index (χ3n) is 2.44. The van der Waals surface area contributed by atoms with Crippen LogP contribution in [0.3, 0.4) is 0 Å². The maximum absolute atomic E-state index is 3.78. The molecule has 80 valence electrons. The summed E-state index contributed by atoms with van der Waals surface area (Å²) in [6.07, 6.45) is 8.55. The standard InChI is InChI=1S/C15H20/c1-4-12-15(2,3)13-8-11-14-9-6-5-7-10-14/h4-10,13H,1,11-12H2,2-3H3/b13-8+. The second kappa shape index (κ2) is 5.55. The zero-order valence-electron chi connectivity index (χ0n) is 9.74. The van der Waals surface area contributed by atoms with Crippen molar-refractivity contribution in [3.05, 3.63) is 60.7 Å². The first-order chi connectivity index (χ1) is 7.14. The Balaban J connectivity index is 2.49. The molecule has 0 bridgehead atoms. The summed E-state index contributed by atoms with van der Waals surface area (Å²) in [6, 6.07) is 10.5. The minimum absolute atomic E-state index is 0.233. The lowest BCUT2D eigenvalue weighted by Crippen LogP contribution is -2.05. The summed E-state index contributed by atoms with van der Waals surface area (Å²) < 4.78 is 0. The molecule has 0 saturated heterocycles. The molecular weight excluding hydrogens is 180 g/mol. The molecular formula is C15H20. The Labute approximate surface area is 93.3 Å². The molecule has 0 N–H and O–H groups in total. The molecule has 0 heterocycles. The van der Waals surface area contributed by atoms with Crippen molar-refractivity contribution in [3.8, 4) is 0 Å². The van der Waals surface area contributed by atoms with E-state index >= 15 is 0 Å². The predicted octanol–water partition coefficient (Wildman–Crippen LogP) is 4.39. The summed E-state index contributed by atoms with van der Waals surface area (Å²) in [5.41, 5.74) is 1.60. The highest BCUT2D eigenvalue weighted by Gasteiger charge is 2.09. The highest BCUT2D eigenvalue weighted by molar-refractivity contribution is 5.18. The number of hydrogen-bond acceptors (Lipinski definition) is 0. The van der Waals surface area contributed by atoms with Gasteiger partial charge in [0.2, 0.25) is 0 Å². The number of rotatable bonds is 5. The molecule has 0 aliphatic carbocycles. The fourth-order valence-corrected chi connectivity index (χ4v) is 1.57. The summed E-state index contributed by atoms with van der Waals surface area (Å²) in [7, 11) is 0. The van der Waals surface area contributed by atoms with Crippen LogP contribution in [0.2, 0.25) is 0 Å². The first-order valence-electron chi connectivity index (χ1n) is 5.46. The normalized spacial score (nSPS) is 11.9. The summed E-state index contributed by atoms with van der Waals surface area (Å²) >= 11 is 0. The molecule has 0 radical (unpaired) electrons. The summed E-state index contributed by atoms with van der Waals surface area (Å²) in [5.74, 6) is 0. The van der Waals surface area contributed by atoms with Crippen LogP contribution in [0, 0.1) is 5.41 Å². The molecule has 0 nitrogen and oxygen atoms in total. The van der Waals surface area contributed by atoms with Gasteiger partial charge in [0.05, 0.1) is 0 Å². The van der Waals surface area contributed by atoms with Gasteiger partial charge in [-0.2, -0.15) is 0 Å². The van der Waals surface area contributed by atoms with Crippen LogP contribution < -0.4 is 0 Å². The number of hydrogen-bond donors (Lipinski definition) is 0. The van der Waals surface area contributed by atoms with Crippen molar-refractivity contribution in [3.63, 3.8) is 0 Å². The maximum Gasteiger partial charge on any atom is -0.00972 e. The van der Waals surface area contributed by atoms with Gasteiger partial charge in [0, 0.05) is 0 Å². The average molecular weight is 200 g/mol. The number of benzene rings is 1. The summed E-state index contributed by atoms with van der Waals surface area (Å²) in [5, 5.41) is 0. The van der Waals surface area contributed by atoms with Crippen molar-refractivity contribution in [1.82, 2.24) is 0 Å². The molecule has 1 rings (SSSR count). The molecule has 0 spiro atoms. The van der Waals surface area contributed by atoms with Crippen molar-refractivity contribution in [1.29, 1.82) is 0 Å². The van der Waals surface area contributed by atoms with Crippen LogP contribution in [0.25, 0.3) is 0 Å². The van der Waals surface area contributed by atoms with E-state index in [1.54, 1.807) is 0 Å². The Morgan fingerprint density at radius 3 is 2.47 bits per heavy atom. The lowest BCUT2D eigenvalue weighted by atomic mass is 9.88. The van der Waals surface area contributed by atoms with E-state index < -0.39 is 0 Å². The number of allylic oxidation sites excluding steroid dienone is 3. The molecule has 0 aliphatic rings. The molecule has 0 fully saturated rings. The van der Waals surface area contributed by atoms with Gasteiger partial charge in [0.25, 0.3) is 0 Å². The second-order valence-corrected chi connectivity index (χ2v) is 4.57. The van der Waals surface area contributed by atoms with Gasteiger partial charge in [-0.1, -0.05) is 62.4 Å². The van der Waals surface area contributed by atoms with Crippen molar-refractivity contribution in [2.24, 2.45) is 5.41 Å². The van der Waals surface area contributed by atoms with Crippen LogP contribution in [0.1, 0.15) is 25.8 Å². The Bertz CT molecular complexity index is 317. The highest BCUT2D eigenvalue weighted by Crippen LogP contribution is 2.22. The van der Waals surface area contributed by atoms with Crippen molar-refractivity contribution in [2.75, 3.05) is 0 Å². The van der Waals surface area contributed by atoms with Gasteiger partial charge in [-0.25, -0.2) is 0 Å². The zero-order valence-corrected chi connectivity index (χ0v) is 9.74. The SMILES string of the molecule is C=CCC(C)(C)/C=C/Cc1ccccc1. The van der Waals surface area contributed by atoms with Crippen LogP contribution in [0.15, 0.2) is 55.1 Å². The van der Waals surface area contributed by atoms with Crippen molar-refractivity contribution in [2.45, 2.75) is 26.7 Å². The van der Waals surface area contributed by atoms with Crippen molar-refractivity contribution >= 4 is 0 Å². The van der Waals surface area contributed by atoms with E-state index in [0.29, 0.717) is 0 Å². The van der Waals surface area contributed by atoms with Crippen LogP contribution in [0.4, 0.5) is 0 Å². The van der Waals surface area contributed by atoms with E-state index in [2.05, 4.69) is 62.9 Å². The smallest absolute Gasteiger partial charge is 0.00972 e. The van der Waals surface area contributed by atoms with E-state index in [4.69, 9.17) is 0 Å². The molecule has 0 unspecified atom stereocenters. The third kappa shape index (κ3) is 4.64. The topological polar surface area (TPSA) is 0 Å². The Kier molecular flexibility index (Phi) is 4.36. The fraction of sp³-hybridized carbons (Fsp3) is 0.333. The molecule has 0 atom stereocenters. The first-order valence-corrected chi connectivity index (χ1v) is 5.46. The molecule has 1 aromatic carbocycles. The lowest BCUT2D eigenvalue weighted by Gasteiger charge is -2.17. The molecule has 0 aromatic heterocycles. The monoisotopic (exact) mass is 200 g/mol. The Morgan fingerprint density at radius 1 is 1.20 bits per heavy atom. The van der Waals surface area contributed by atoms with Gasteiger partial charge in [0.15, 0.2) is 0 Å². The Morgan fingerprint density at radius 2 is 1.87 bits per heavy atom. The molecule has 0 aliphatic heterocycles. The van der Waals surface area contributed by atoms with E-state index in [1.807, 2.05) is 6.08 Å². The highest BCUT2D eigenvalue weighted by atomic mass is 14.1. The average Bonchev–Trinajstić information content (AvgIpc) is 2.19. The largest absolute Gasteiger partial charge is 0.103 e. The van der Waals surface area contributed by atoms with Gasteiger partial charge in [-0.3, -0.25) is 0 Å². The Hall–Kier alpha value is -1.30. The molecule has 0 saturated carbocycles. The van der Waals surface area contributed by atoms with Gasteiger partial charge in [-0.05, 0) is 23.8 Å². The van der Waals surface area contributed by atoms with Crippen LogP contribution in [-0.2, 0) is 6.42 Å². The van der Waals surface area contributed by atoms with Gasteiger partial charge in [0.1, 0.15) is 0 Å². The summed E-state index contributed by atoms with van der Waals surface area (Å²) in [6.45, 7) is 8.24. The van der Waals surface area contributed by atoms with Gasteiger partial charge in [-0.15, -0.1) is 6.58 Å². The second-order valence-electron chi connectivity index (χ2n) is 4.57. The van der Waals surface area contributed by atoms with Gasteiger partial charge < -0.3 is 0 Å². The minimum atomic E-state index is 0.233. The van der Waals surface area contributed by atoms with E-state index in [1.165, 1.54) is 5.56 Å². The fourth-order valence-electron chi connectivity index (χ4n) is 1.57. The summed E-state index contributed by atoms with van der Waals surface area (Å²) in [4.78, 5) is 0. The molecule has 1 aromatic rings. The third-order valence-corrected chi connectivity index (χ3v) is 2.44. The quantitative estimate of drug-likeness (QED) is 0.618. The predicted molar refractivity (Wildman–Crippen MR) is 67.9 cm³/mol. The van der Waals surface area contributed by atoms with Crippen LogP contribution >= 0.6 is 0 Å². The molecule has 0 amide bonds. The van der Waals surface area contributed by atoms with E-state index in [9.17, 15) is 0 Å². The van der Waals surface area contributed by atoms with Crippen LogP contribution in [-0.4, -0.2) is 0 Å². The van der Waals surface area contributed by atoms with Crippen molar-refractivity contribution < 1.29 is 0 Å². The van der Waals surface area contributed by atoms with Crippen LogP contribution in [0.5, 0.6) is 0 Å². The molecule has 15 heavy (non-hydrogen) atoms. The molecule has 0 heteroatoms. The van der Waals surface area contributed by atoms with E-state index in [0.717, 1.165) is 12.8 Å². The lowest BCUT2D eigenvalue weighted by molar-refractivity contribution is 0.488. The van der Waals surface area contributed by atoms with E-state index in [-0.39, 0.29) is 5.41 Å². The first kappa shape index (κ1) is 11.8. The minimum Gasteiger partial charge on any atom is -0.103 e.